The van der Waals surface area contributed by atoms with Gasteiger partial charge in [0.25, 0.3) is 5.91 Å². The number of nitrogens with two attached hydrogens (primary N) is 1. The summed E-state index contributed by atoms with van der Waals surface area (Å²) in [4.78, 5) is 14.5. The summed E-state index contributed by atoms with van der Waals surface area (Å²) < 4.78 is 5.60. The van der Waals surface area contributed by atoms with Crippen LogP contribution in [0.4, 0.5) is 0 Å². The van der Waals surface area contributed by atoms with Gasteiger partial charge in [-0.3, -0.25) is 4.79 Å². The summed E-state index contributed by atoms with van der Waals surface area (Å²) in [6.07, 6.45) is 4.29. The molecule has 0 aromatic heterocycles. The van der Waals surface area contributed by atoms with E-state index in [9.17, 15) is 4.79 Å². The van der Waals surface area contributed by atoms with Crippen LogP contribution in [0.2, 0.25) is 0 Å². The summed E-state index contributed by atoms with van der Waals surface area (Å²) in [6, 6.07) is 7.72. The zero-order valence-electron chi connectivity index (χ0n) is 13.0. The van der Waals surface area contributed by atoms with Crippen molar-refractivity contribution in [2.75, 3.05) is 20.2 Å². The normalized spacial score (nSPS) is 21.3. The third-order valence-electron chi connectivity index (χ3n) is 4.29. The predicted molar refractivity (Wildman–Crippen MR) is 84.5 cm³/mol. The van der Waals surface area contributed by atoms with Gasteiger partial charge < -0.3 is 15.4 Å². The number of carbonyl (C=O) groups excluding carboxylic acids is 1. The van der Waals surface area contributed by atoms with Gasteiger partial charge in [0.1, 0.15) is 5.75 Å². The van der Waals surface area contributed by atoms with Crippen LogP contribution in [-0.2, 0) is 0 Å². The van der Waals surface area contributed by atoms with Crippen LogP contribution < -0.4 is 10.5 Å². The highest BCUT2D eigenvalue weighted by molar-refractivity contribution is 5.94. The summed E-state index contributed by atoms with van der Waals surface area (Å²) in [6.45, 7) is 3.39. The van der Waals surface area contributed by atoms with Gasteiger partial charge in [0.05, 0.1) is 6.61 Å². The maximum Gasteiger partial charge on any atom is 0.253 e. The lowest BCUT2D eigenvalue weighted by Gasteiger charge is -2.29. The maximum atomic E-state index is 12.6. The van der Waals surface area contributed by atoms with E-state index in [-0.39, 0.29) is 11.9 Å². The Morgan fingerprint density at radius 2 is 2.24 bits per heavy atom. The Kier molecular flexibility index (Phi) is 5.62. The van der Waals surface area contributed by atoms with Gasteiger partial charge in [-0.15, -0.1) is 0 Å². The zero-order chi connectivity index (χ0) is 15.2. The largest absolute Gasteiger partial charge is 0.494 e. The Balaban J connectivity index is 2.08. The topological polar surface area (TPSA) is 55.6 Å². The molecule has 1 aliphatic rings. The molecule has 4 nitrogen and oxygen atoms in total. The molecular weight excluding hydrogens is 264 g/mol. The van der Waals surface area contributed by atoms with E-state index in [0.717, 1.165) is 31.4 Å². The molecule has 0 spiro atoms. The van der Waals surface area contributed by atoms with Crippen LogP contribution in [-0.4, -0.2) is 37.0 Å². The van der Waals surface area contributed by atoms with Crippen LogP contribution in [0.3, 0.4) is 0 Å². The molecule has 1 aliphatic carbocycles. The lowest BCUT2D eigenvalue weighted by molar-refractivity contribution is 0.0699. The number of nitrogens with zero attached hydrogens (tertiary/aromatic N) is 1. The molecule has 1 saturated carbocycles. The smallest absolute Gasteiger partial charge is 0.253 e. The Morgan fingerprint density at radius 1 is 1.43 bits per heavy atom. The van der Waals surface area contributed by atoms with Crippen molar-refractivity contribution < 1.29 is 9.53 Å². The predicted octanol–water partition coefficient (Wildman–Crippen LogP) is 2.67. The molecule has 2 unspecified atom stereocenters. The van der Waals surface area contributed by atoms with Crippen LogP contribution in [0.1, 0.15) is 43.0 Å². The van der Waals surface area contributed by atoms with Crippen LogP contribution in [0.5, 0.6) is 5.75 Å². The molecule has 2 N–H and O–H groups in total. The van der Waals surface area contributed by atoms with E-state index >= 15 is 0 Å². The van der Waals surface area contributed by atoms with Crippen LogP contribution >= 0.6 is 0 Å². The van der Waals surface area contributed by atoms with Crippen LogP contribution in [0.25, 0.3) is 0 Å². The van der Waals surface area contributed by atoms with Gasteiger partial charge in [-0.2, -0.15) is 0 Å². The Hall–Kier alpha value is -1.55. The number of ether oxygens (including phenoxy) is 1. The fourth-order valence-electron chi connectivity index (χ4n) is 3.10. The second kappa shape index (κ2) is 7.46. The van der Waals surface area contributed by atoms with Gasteiger partial charge in [0.15, 0.2) is 0 Å². The Labute approximate surface area is 127 Å². The summed E-state index contributed by atoms with van der Waals surface area (Å²) in [5.74, 6) is 1.25. The lowest BCUT2D eigenvalue weighted by atomic mass is 10.0. The highest BCUT2D eigenvalue weighted by Gasteiger charge is 2.32. The molecule has 0 saturated heterocycles. The van der Waals surface area contributed by atoms with Gasteiger partial charge in [-0.25, -0.2) is 0 Å². The number of benzene rings is 1. The van der Waals surface area contributed by atoms with E-state index in [2.05, 4.69) is 6.92 Å². The number of hydrogen-bond donors (Lipinski definition) is 1. The maximum absolute atomic E-state index is 12.6. The van der Waals surface area contributed by atoms with Crippen molar-refractivity contribution in [3.05, 3.63) is 29.8 Å². The first-order chi connectivity index (χ1) is 10.2. The summed E-state index contributed by atoms with van der Waals surface area (Å²) in [7, 11) is 1.89. The first-order valence-corrected chi connectivity index (χ1v) is 7.87. The van der Waals surface area contributed by atoms with Crippen molar-refractivity contribution in [3.8, 4) is 5.75 Å². The molecule has 0 bridgehead atoms. The molecular formula is C17H26N2O2. The molecule has 1 aromatic carbocycles. The number of hydrogen-bond acceptors (Lipinski definition) is 3. The molecule has 0 aliphatic heterocycles. The van der Waals surface area contributed by atoms with Crippen LogP contribution in [0.15, 0.2) is 24.3 Å². The minimum absolute atomic E-state index is 0.0577. The second-order valence-electron chi connectivity index (χ2n) is 5.79. The number of amides is 1. The summed E-state index contributed by atoms with van der Waals surface area (Å²) >= 11 is 0. The molecule has 0 heterocycles. The van der Waals surface area contributed by atoms with E-state index in [4.69, 9.17) is 10.5 Å². The minimum atomic E-state index is 0.0577. The highest BCUT2D eigenvalue weighted by atomic mass is 16.5. The van der Waals surface area contributed by atoms with Gasteiger partial charge in [0.2, 0.25) is 0 Å². The number of carbonyl (C=O) groups is 1. The Morgan fingerprint density at radius 3 is 2.95 bits per heavy atom. The van der Waals surface area contributed by atoms with Gasteiger partial charge in [-0.1, -0.05) is 19.4 Å². The van der Waals surface area contributed by atoms with E-state index in [1.807, 2.05) is 36.2 Å². The average Bonchev–Trinajstić information content (AvgIpc) is 3.00. The van der Waals surface area contributed by atoms with E-state index in [0.29, 0.717) is 24.6 Å². The van der Waals surface area contributed by atoms with E-state index in [1.165, 1.54) is 0 Å². The molecule has 1 fully saturated rings. The first kappa shape index (κ1) is 15.8. The van der Waals surface area contributed by atoms with Crippen molar-refractivity contribution in [2.24, 2.45) is 11.7 Å². The average molecular weight is 290 g/mol. The minimum Gasteiger partial charge on any atom is -0.494 e. The summed E-state index contributed by atoms with van der Waals surface area (Å²) in [5, 5.41) is 0. The van der Waals surface area contributed by atoms with Gasteiger partial charge in [-0.05, 0) is 49.9 Å². The first-order valence-electron chi connectivity index (χ1n) is 7.87. The summed E-state index contributed by atoms with van der Waals surface area (Å²) in [5.41, 5.74) is 6.51. The molecule has 2 atom stereocenters. The molecule has 4 heteroatoms. The second-order valence-corrected chi connectivity index (χ2v) is 5.79. The standard InChI is InChI=1S/C17H26N2O2/c1-3-10-21-15-8-4-6-13(11-15)17(20)19(2)16-9-5-7-14(16)12-18/h4,6,8,11,14,16H,3,5,7,9-10,12,18H2,1-2H3. The van der Waals surface area contributed by atoms with Gasteiger partial charge >= 0.3 is 0 Å². The molecule has 116 valence electrons. The monoisotopic (exact) mass is 290 g/mol. The SMILES string of the molecule is CCCOc1cccc(C(=O)N(C)C2CCCC2CN)c1. The van der Waals surface area contributed by atoms with E-state index in [1.54, 1.807) is 0 Å². The van der Waals surface area contributed by atoms with Crippen molar-refractivity contribution >= 4 is 5.91 Å². The van der Waals surface area contributed by atoms with Crippen LogP contribution in [0, 0.1) is 5.92 Å². The molecule has 1 amide bonds. The zero-order valence-corrected chi connectivity index (χ0v) is 13.0. The van der Waals surface area contributed by atoms with Gasteiger partial charge in [0, 0.05) is 18.7 Å². The van der Waals surface area contributed by atoms with Crippen molar-refractivity contribution in [3.63, 3.8) is 0 Å². The number of rotatable bonds is 6. The van der Waals surface area contributed by atoms with Crippen molar-refractivity contribution in [1.82, 2.24) is 4.90 Å². The third kappa shape index (κ3) is 3.76. The highest BCUT2D eigenvalue weighted by Crippen LogP contribution is 2.29. The lowest BCUT2D eigenvalue weighted by Crippen LogP contribution is -2.41. The fraction of sp³-hybridized carbons (Fsp3) is 0.588. The molecule has 21 heavy (non-hydrogen) atoms. The quantitative estimate of drug-likeness (QED) is 0.876. The van der Waals surface area contributed by atoms with E-state index < -0.39 is 0 Å². The van der Waals surface area contributed by atoms with Crippen molar-refractivity contribution in [1.29, 1.82) is 0 Å². The third-order valence-corrected chi connectivity index (χ3v) is 4.29. The molecule has 2 rings (SSSR count). The Bertz CT molecular complexity index is 476. The molecule has 0 radical (unpaired) electrons. The fourth-order valence-corrected chi connectivity index (χ4v) is 3.10. The molecule has 1 aromatic rings. The van der Waals surface area contributed by atoms with Crippen molar-refractivity contribution in [2.45, 2.75) is 38.6 Å².